The third-order valence-electron chi connectivity index (χ3n) is 3.94. The van der Waals surface area contributed by atoms with Crippen molar-refractivity contribution in [1.82, 2.24) is 0 Å². The molecule has 4 rings (SSSR count). The zero-order valence-electron chi connectivity index (χ0n) is 14.2. The number of ether oxygens (including phenoxy) is 3. The van der Waals surface area contributed by atoms with Gasteiger partial charge in [-0.25, -0.2) is 9.79 Å². The molecule has 136 valence electrons. The molecule has 0 fully saturated rings. The number of rotatable bonds is 3. The van der Waals surface area contributed by atoms with Crippen molar-refractivity contribution in [2.75, 3.05) is 6.79 Å². The van der Waals surface area contributed by atoms with Crippen LogP contribution >= 0.6 is 38.5 Å². The highest BCUT2D eigenvalue weighted by molar-refractivity contribution is 14.1. The Hall–Kier alpha value is -2.13. The monoisotopic (exact) mass is 537 g/mol. The van der Waals surface area contributed by atoms with Crippen molar-refractivity contribution in [2.24, 2.45) is 4.99 Å². The van der Waals surface area contributed by atoms with Crippen molar-refractivity contribution < 1.29 is 19.0 Å². The van der Waals surface area contributed by atoms with Crippen molar-refractivity contribution in [2.45, 2.75) is 6.92 Å². The van der Waals surface area contributed by atoms with E-state index in [2.05, 4.69) is 43.5 Å². The lowest BCUT2D eigenvalue weighted by atomic mass is 10.1. The first-order chi connectivity index (χ1) is 13.0. The number of aliphatic imine (C=N–C) groups is 1. The largest absolute Gasteiger partial charge is 0.454 e. The summed E-state index contributed by atoms with van der Waals surface area (Å²) in [6.45, 7) is 2.14. The molecule has 0 aliphatic carbocycles. The first-order valence-electron chi connectivity index (χ1n) is 8.05. The van der Waals surface area contributed by atoms with E-state index in [1.165, 1.54) is 0 Å². The van der Waals surface area contributed by atoms with E-state index in [1.807, 2.05) is 49.4 Å². The maximum Gasteiger partial charge on any atom is 0.363 e. The molecular formula is C20H13BrINO4. The number of benzene rings is 2. The number of carbonyl (C=O) groups is 1. The van der Waals surface area contributed by atoms with Gasteiger partial charge < -0.3 is 14.2 Å². The molecule has 0 N–H and O–H groups in total. The summed E-state index contributed by atoms with van der Waals surface area (Å²) in [6.07, 6.45) is 3.65. The minimum absolute atomic E-state index is 0.240. The van der Waals surface area contributed by atoms with Gasteiger partial charge in [0.2, 0.25) is 12.7 Å². The topological polar surface area (TPSA) is 57.1 Å². The number of allylic oxidation sites excluding steroid dienone is 2. The third-order valence-corrected chi connectivity index (χ3v) is 6.28. The number of hydrogen-bond acceptors (Lipinski definition) is 5. The number of halogens is 2. The van der Waals surface area contributed by atoms with Crippen LogP contribution in [0.15, 0.2) is 63.2 Å². The molecule has 0 saturated carbocycles. The molecule has 7 heteroatoms. The molecule has 5 nitrogen and oxygen atoms in total. The summed E-state index contributed by atoms with van der Waals surface area (Å²) in [4.78, 5) is 16.5. The fraction of sp³-hybridized carbons (Fsp3) is 0.100. The Morgan fingerprint density at radius 1 is 1.19 bits per heavy atom. The summed E-state index contributed by atoms with van der Waals surface area (Å²) in [5, 5.41) is 0. The summed E-state index contributed by atoms with van der Waals surface area (Å²) in [5.74, 6) is 1.30. The minimum Gasteiger partial charge on any atom is -0.454 e. The van der Waals surface area contributed by atoms with Gasteiger partial charge in [-0.15, -0.1) is 0 Å². The van der Waals surface area contributed by atoms with Crippen LogP contribution < -0.4 is 9.47 Å². The summed E-state index contributed by atoms with van der Waals surface area (Å²) in [6, 6.07) is 11.4. The number of cyclic esters (lactones) is 1. The Morgan fingerprint density at radius 3 is 2.81 bits per heavy atom. The summed E-state index contributed by atoms with van der Waals surface area (Å²) in [5.41, 5.74) is 2.84. The van der Waals surface area contributed by atoms with Crippen molar-refractivity contribution >= 4 is 56.5 Å². The SMILES string of the molecule is CC(/C=C1\N=C(c2ccc(I)c(Br)c2)OC1=O)=C\c1ccc2c(c1)OCO2. The van der Waals surface area contributed by atoms with Crippen LogP contribution in [-0.4, -0.2) is 18.7 Å². The molecule has 0 bridgehead atoms. The van der Waals surface area contributed by atoms with Crippen LogP contribution in [0.5, 0.6) is 11.5 Å². The highest BCUT2D eigenvalue weighted by Gasteiger charge is 2.24. The predicted molar refractivity (Wildman–Crippen MR) is 114 cm³/mol. The lowest BCUT2D eigenvalue weighted by molar-refractivity contribution is -0.130. The average Bonchev–Trinajstić information content (AvgIpc) is 3.24. The van der Waals surface area contributed by atoms with E-state index >= 15 is 0 Å². The standard InChI is InChI=1S/C20H13BrINO4/c1-11(6-12-2-5-17-18(8-12)26-10-25-17)7-16-20(24)27-19(23-16)13-3-4-15(22)14(21)9-13/h2-9H,10H2,1H3/b11-6+,16-7-. The van der Waals surface area contributed by atoms with Gasteiger partial charge in [-0.3, -0.25) is 0 Å². The second-order valence-corrected chi connectivity index (χ2v) is 7.98. The molecule has 2 aromatic rings. The van der Waals surface area contributed by atoms with Gasteiger partial charge in [0.1, 0.15) is 0 Å². The van der Waals surface area contributed by atoms with Gasteiger partial charge >= 0.3 is 5.97 Å². The molecular weight excluding hydrogens is 525 g/mol. The number of esters is 1. The average molecular weight is 538 g/mol. The Balaban J connectivity index is 1.59. The van der Waals surface area contributed by atoms with Gasteiger partial charge in [-0.05, 0) is 93.0 Å². The first-order valence-corrected chi connectivity index (χ1v) is 9.93. The Labute approximate surface area is 178 Å². The van der Waals surface area contributed by atoms with E-state index in [9.17, 15) is 4.79 Å². The lowest BCUT2D eigenvalue weighted by Crippen LogP contribution is -2.05. The molecule has 27 heavy (non-hydrogen) atoms. The fourth-order valence-corrected chi connectivity index (χ4v) is 3.40. The van der Waals surface area contributed by atoms with Crippen LogP contribution in [0.1, 0.15) is 18.1 Å². The maximum absolute atomic E-state index is 12.2. The molecule has 0 atom stereocenters. The first kappa shape index (κ1) is 18.2. The van der Waals surface area contributed by atoms with E-state index in [0.29, 0.717) is 11.6 Å². The molecule has 0 aromatic heterocycles. The zero-order valence-corrected chi connectivity index (χ0v) is 17.9. The number of nitrogens with zero attached hydrogens (tertiary/aromatic N) is 1. The fourth-order valence-electron chi connectivity index (χ4n) is 2.68. The minimum atomic E-state index is -0.460. The van der Waals surface area contributed by atoms with Crippen molar-refractivity contribution in [3.05, 3.63) is 72.9 Å². The van der Waals surface area contributed by atoms with E-state index < -0.39 is 5.97 Å². The number of carbonyl (C=O) groups excluding carboxylic acids is 1. The van der Waals surface area contributed by atoms with E-state index in [-0.39, 0.29) is 12.5 Å². The van der Waals surface area contributed by atoms with Gasteiger partial charge in [0.05, 0.1) is 0 Å². The number of hydrogen-bond donors (Lipinski definition) is 0. The molecule has 2 heterocycles. The van der Waals surface area contributed by atoms with Gasteiger partial charge in [0.25, 0.3) is 0 Å². The Kier molecular flexibility index (Phi) is 5.05. The summed E-state index contributed by atoms with van der Waals surface area (Å²) >= 11 is 5.70. The molecule has 0 unspecified atom stereocenters. The van der Waals surface area contributed by atoms with Crippen LogP contribution in [0.3, 0.4) is 0 Å². The van der Waals surface area contributed by atoms with Gasteiger partial charge in [0.15, 0.2) is 17.2 Å². The maximum atomic E-state index is 12.2. The zero-order chi connectivity index (χ0) is 19.0. The molecule has 0 radical (unpaired) electrons. The van der Waals surface area contributed by atoms with E-state index in [0.717, 1.165) is 30.5 Å². The quantitative estimate of drug-likeness (QED) is 0.311. The molecule has 0 saturated heterocycles. The van der Waals surface area contributed by atoms with Crippen LogP contribution in [0, 0.1) is 3.57 Å². The highest BCUT2D eigenvalue weighted by atomic mass is 127. The van der Waals surface area contributed by atoms with Crippen LogP contribution in [0.2, 0.25) is 0 Å². The lowest BCUT2D eigenvalue weighted by Gasteiger charge is -2.01. The molecule has 0 amide bonds. The molecule has 2 aliphatic rings. The molecule has 2 aliphatic heterocycles. The van der Waals surface area contributed by atoms with Crippen LogP contribution in [0.4, 0.5) is 0 Å². The van der Waals surface area contributed by atoms with E-state index in [1.54, 1.807) is 6.08 Å². The van der Waals surface area contributed by atoms with Gasteiger partial charge in [-0.2, -0.15) is 0 Å². The van der Waals surface area contributed by atoms with Crippen LogP contribution in [-0.2, 0) is 9.53 Å². The smallest absolute Gasteiger partial charge is 0.363 e. The summed E-state index contributed by atoms with van der Waals surface area (Å²) in [7, 11) is 0. The van der Waals surface area contributed by atoms with Gasteiger partial charge in [0, 0.05) is 13.6 Å². The Morgan fingerprint density at radius 2 is 2.00 bits per heavy atom. The normalized spacial score (nSPS) is 17.3. The predicted octanol–water partition coefficient (Wildman–Crippen LogP) is 5.07. The Bertz CT molecular complexity index is 1040. The number of fused-ring (bicyclic) bond motifs is 1. The second-order valence-electron chi connectivity index (χ2n) is 5.97. The summed E-state index contributed by atoms with van der Waals surface area (Å²) < 4.78 is 18.0. The third kappa shape index (κ3) is 3.93. The second kappa shape index (κ2) is 7.47. The van der Waals surface area contributed by atoms with E-state index in [4.69, 9.17) is 14.2 Å². The highest BCUT2D eigenvalue weighted by Crippen LogP contribution is 2.33. The molecule has 2 aromatic carbocycles. The molecule has 0 spiro atoms. The van der Waals surface area contributed by atoms with Crippen LogP contribution in [0.25, 0.3) is 6.08 Å². The van der Waals surface area contributed by atoms with Gasteiger partial charge in [-0.1, -0.05) is 12.1 Å². The van der Waals surface area contributed by atoms with Crippen molar-refractivity contribution in [3.63, 3.8) is 0 Å². The van der Waals surface area contributed by atoms with Crippen molar-refractivity contribution in [3.8, 4) is 11.5 Å². The van der Waals surface area contributed by atoms with Crippen molar-refractivity contribution in [1.29, 1.82) is 0 Å².